The standard InChI is InChI=1S/C24H22N4O4/c1-14-20(24(31)27-11-18(29)12-27)13-28-22(14)21(7-8-26-28)32-19-6-5-15-3-4-16(23(30)25-2)9-17(15)10-19/h3-10,13,18,29H,11-12H2,1-2H3,(H,25,30). The monoisotopic (exact) mass is 430 g/mol. The molecule has 8 nitrogen and oxygen atoms in total. The first-order valence-corrected chi connectivity index (χ1v) is 10.3. The van der Waals surface area contributed by atoms with Gasteiger partial charge in [-0.1, -0.05) is 12.1 Å². The van der Waals surface area contributed by atoms with Gasteiger partial charge in [-0.25, -0.2) is 4.52 Å². The minimum absolute atomic E-state index is 0.128. The molecule has 2 N–H and O–H groups in total. The second-order valence-electron chi connectivity index (χ2n) is 7.93. The minimum atomic E-state index is -0.454. The van der Waals surface area contributed by atoms with E-state index in [1.54, 1.807) is 41.0 Å². The number of nitrogens with one attached hydrogen (secondary N) is 1. The highest BCUT2D eigenvalue weighted by Crippen LogP contribution is 2.32. The predicted molar refractivity (Wildman–Crippen MR) is 119 cm³/mol. The SMILES string of the molecule is CNC(=O)c1ccc2ccc(Oc3ccnn4cc(C(=O)N5CC(O)C5)c(C)c34)cc2c1. The van der Waals surface area contributed by atoms with Gasteiger partial charge in [-0.15, -0.1) is 0 Å². The number of carbonyl (C=O) groups excluding carboxylic acids is 2. The van der Waals surface area contributed by atoms with Crippen LogP contribution in [-0.2, 0) is 0 Å². The third kappa shape index (κ3) is 3.34. The lowest BCUT2D eigenvalue weighted by atomic mass is 10.1. The summed E-state index contributed by atoms with van der Waals surface area (Å²) in [6.07, 6.45) is 2.86. The fourth-order valence-corrected chi connectivity index (χ4v) is 4.01. The lowest BCUT2D eigenvalue weighted by molar-refractivity contribution is 0.00585. The molecule has 3 heterocycles. The van der Waals surface area contributed by atoms with Crippen molar-refractivity contribution in [2.24, 2.45) is 0 Å². The molecule has 0 aliphatic carbocycles. The van der Waals surface area contributed by atoms with E-state index in [1.807, 2.05) is 37.3 Å². The minimum Gasteiger partial charge on any atom is -0.455 e. The third-order valence-electron chi connectivity index (χ3n) is 5.80. The molecule has 162 valence electrons. The van der Waals surface area contributed by atoms with Crippen molar-refractivity contribution in [2.45, 2.75) is 13.0 Å². The van der Waals surface area contributed by atoms with Gasteiger partial charge in [0.1, 0.15) is 11.3 Å². The molecule has 1 aliphatic heterocycles. The van der Waals surface area contributed by atoms with Crippen LogP contribution in [0.1, 0.15) is 26.3 Å². The highest BCUT2D eigenvalue weighted by molar-refractivity contribution is 5.99. The maximum atomic E-state index is 12.8. The number of hydrogen-bond acceptors (Lipinski definition) is 5. The molecular formula is C24H22N4O4. The second-order valence-corrected chi connectivity index (χ2v) is 7.93. The molecule has 1 fully saturated rings. The molecule has 0 radical (unpaired) electrons. The van der Waals surface area contributed by atoms with E-state index >= 15 is 0 Å². The Kier molecular flexibility index (Phi) is 4.79. The van der Waals surface area contributed by atoms with Crippen molar-refractivity contribution >= 4 is 28.1 Å². The van der Waals surface area contributed by atoms with Gasteiger partial charge in [0.15, 0.2) is 5.75 Å². The number of β-amino-alcohol motifs (C(OH)–C–C–N with tert-alkyl or cyclic N) is 1. The van der Waals surface area contributed by atoms with Gasteiger partial charge >= 0.3 is 0 Å². The molecule has 0 atom stereocenters. The fourth-order valence-electron chi connectivity index (χ4n) is 4.01. The second kappa shape index (κ2) is 7.65. The normalized spacial score (nSPS) is 13.9. The van der Waals surface area contributed by atoms with Gasteiger partial charge in [-0.3, -0.25) is 9.59 Å². The summed E-state index contributed by atoms with van der Waals surface area (Å²) < 4.78 is 7.83. The largest absolute Gasteiger partial charge is 0.455 e. The van der Waals surface area contributed by atoms with Crippen LogP contribution in [0.15, 0.2) is 54.9 Å². The highest BCUT2D eigenvalue weighted by atomic mass is 16.5. The maximum absolute atomic E-state index is 12.8. The Balaban J connectivity index is 1.50. The first kappa shape index (κ1) is 20.0. The number of aromatic nitrogens is 2. The molecule has 1 aliphatic rings. The number of benzene rings is 2. The topological polar surface area (TPSA) is 96.2 Å². The lowest BCUT2D eigenvalue weighted by Gasteiger charge is -2.35. The number of fused-ring (bicyclic) bond motifs is 2. The van der Waals surface area contributed by atoms with Crippen molar-refractivity contribution < 1.29 is 19.4 Å². The zero-order valence-corrected chi connectivity index (χ0v) is 17.7. The van der Waals surface area contributed by atoms with Crippen LogP contribution in [0.5, 0.6) is 11.5 Å². The number of ether oxygens (including phenoxy) is 1. The Morgan fingerprint density at radius 3 is 2.66 bits per heavy atom. The molecule has 0 saturated carbocycles. The number of carbonyl (C=O) groups is 2. The van der Waals surface area contributed by atoms with E-state index in [2.05, 4.69) is 10.4 Å². The molecule has 1 saturated heterocycles. The molecule has 0 bridgehead atoms. The average Bonchev–Trinajstić information content (AvgIpc) is 3.13. The molecule has 5 rings (SSSR count). The van der Waals surface area contributed by atoms with Crippen LogP contribution in [0.3, 0.4) is 0 Å². The third-order valence-corrected chi connectivity index (χ3v) is 5.80. The number of hydrogen-bond donors (Lipinski definition) is 2. The summed E-state index contributed by atoms with van der Waals surface area (Å²) in [4.78, 5) is 26.4. The summed E-state index contributed by atoms with van der Waals surface area (Å²) in [5, 5.41) is 18.4. The number of aryl methyl sites for hydroxylation is 1. The Labute approximate surface area is 184 Å². The van der Waals surface area contributed by atoms with Gasteiger partial charge in [0.25, 0.3) is 11.8 Å². The molecule has 2 amide bonds. The van der Waals surface area contributed by atoms with E-state index < -0.39 is 6.10 Å². The van der Waals surface area contributed by atoms with Crippen molar-refractivity contribution in [1.29, 1.82) is 0 Å². The molecule has 4 aromatic rings. The van der Waals surface area contributed by atoms with E-state index in [9.17, 15) is 14.7 Å². The van der Waals surface area contributed by atoms with Gasteiger partial charge in [-0.05, 0) is 47.5 Å². The van der Waals surface area contributed by atoms with Gasteiger partial charge in [0.2, 0.25) is 0 Å². The van der Waals surface area contributed by atoms with Crippen molar-refractivity contribution in [1.82, 2.24) is 19.8 Å². The Morgan fingerprint density at radius 2 is 1.91 bits per heavy atom. The molecule has 8 heteroatoms. The summed E-state index contributed by atoms with van der Waals surface area (Å²) in [5.41, 5.74) is 2.58. The molecule has 0 unspecified atom stereocenters. The molecule has 32 heavy (non-hydrogen) atoms. The zero-order chi connectivity index (χ0) is 22.4. The van der Waals surface area contributed by atoms with Crippen LogP contribution in [0.2, 0.25) is 0 Å². The quantitative estimate of drug-likeness (QED) is 0.519. The molecule has 0 spiro atoms. The van der Waals surface area contributed by atoms with Crippen molar-refractivity contribution in [2.75, 3.05) is 20.1 Å². The van der Waals surface area contributed by atoms with Gasteiger partial charge < -0.3 is 20.1 Å². The lowest BCUT2D eigenvalue weighted by Crippen LogP contribution is -2.53. The number of nitrogens with zero attached hydrogens (tertiary/aromatic N) is 3. The smallest absolute Gasteiger partial charge is 0.255 e. The van der Waals surface area contributed by atoms with Crippen LogP contribution in [0.25, 0.3) is 16.3 Å². The summed E-state index contributed by atoms with van der Waals surface area (Å²) in [6.45, 7) is 2.55. The number of likely N-dealkylation sites (tertiary alicyclic amines) is 1. The number of amides is 2. The van der Waals surface area contributed by atoms with Crippen LogP contribution in [0, 0.1) is 6.92 Å². The predicted octanol–water partition coefficient (Wildman–Crippen LogP) is 2.76. The molecule has 2 aromatic carbocycles. The summed E-state index contributed by atoms with van der Waals surface area (Å²) in [7, 11) is 1.60. The first-order chi connectivity index (χ1) is 15.4. The Bertz CT molecular complexity index is 1370. The van der Waals surface area contributed by atoms with E-state index in [0.29, 0.717) is 41.2 Å². The van der Waals surface area contributed by atoms with E-state index in [4.69, 9.17) is 4.74 Å². The van der Waals surface area contributed by atoms with Gasteiger partial charge in [-0.2, -0.15) is 5.10 Å². The zero-order valence-electron chi connectivity index (χ0n) is 17.7. The Hall–Kier alpha value is -3.91. The average molecular weight is 430 g/mol. The van der Waals surface area contributed by atoms with Crippen molar-refractivity contribution in [3.8, 4) is 11.5 Å². The van der Waals surface area contributed by atoms with Gasteiger partial charge in [0.05, 0.1) is 17.9 Å². The molecular weight excluding hydrogens is 408 g/mol. The fraction of sp³-hybridized carbons (Fsp3) is 0.208. The number of rotatable bonds is 4. The Morgan fingerprint density at radius 1 is 1.12 bits per heavy atom. The summed E-state index contributed by atoms with van der Waals surface area (Å²) in [5.74, 6) is 0.905. The van der Waals surface area contributed by atoms with Gasteiger partial charge in [0, 0.05) is 38.0 Å². The van der Waals surface area contributed by atoms with E-state index in [0.717, 1.165) is 16.3 Å². The number of aliphatic hydroxyl groups excluding tert-OH is 1. The first-order valence-electron chi connectivity index (χ1n) is 10.3. The van der Waals surface area contributed by atoms with E-state index in [1.165, 1.54) is 0 Å². The van der Waals surface area contributed by atoms with Crippen LogP contribution < -0.4 is 10.1 Å². The summed E-state index contributed by atoms with van der Waals surface area (Å²) in [6, 6.07) is 12.9. The molecule has 2 aromatic heterocycles. The number of aliphatic hydroxyl groups is 1. The van der Waals surface area contributed by atoms with Crippen LogP contribution in [-0.4, -0.2) is 57.7 Å². The van der Waals surface area contributed by atoms with Crippen molar-refractivity contribution in [3.63, 3.8) is 0 Å². The maximum Gasteiger partial charge on any atom is 0.255 e. The van der Waals surface area contributed by atoms with Crippen molar-refractivity contribution in [3.05, 3.63) is 71.5 Å². The van der Waals surface area contributed by atoms with Crippen LogP contribution in [0.4, 0.5) is 0 Å². The summed E-state index contributed by atoms with van der Waals surface area (Å²) >= 11 is 0. The van der Waals surface area contributed by atoms with Crippen LogP contribution >= 0.6 is 0 Å². The van der Waals surface area contributed by atoms with E-state index in [-0.39, 0.29) is 11.8 Å². The highest BCUT2D eigenvalue weighted by Gasteiger charge is 2.31.